The summed E-state index contributed by atoms with van der Waals surface area (Å²) in [5.41, 5.74) is 12.5. The van der Waals surface area contributed by atoms with Crippen molar-refractivity contribution in [2.24, 2.45) is 5.73 Å². The number of amides is 1. The fourth-order valence-electron chi connectivity index (χ4n) is 1.83. The highest BCUT2D eigenvalue weighted by Crippen LogP contribution is 2.08. The van der Waals surface area contributed by atoms with Crippen LogP contribution in [-0.4, -0.2) is 36.5 Å². The first-order valence-corrected chi connectivity index (χ1v) is 7.02. The summed E-state index contributed by atoms with van der Waals surface area (Å²) < 4.78 is 5.10. The van der Waals surface area contributed by atoms with E-state index in [9.17, 15) is 9.59 Å². The minimum Gasteiger partial charge on any atom is -0.465 e. The van der Waals surface area contributed by atoms with Crippen molar-refractivity contribution < 1.29 is 14.3 Å². The highest BCUT2D eigenvalue weighted by Gasteiger charge is 2.14. The van der Waals surface area contributed by atoms with E-state index in [1.807, 2.05) is 19.1 Å². The smallest absolute Gasteiger partial charge is 0.320 e. The highest BCUT2D eigenvalue weighted by molar-refractivity contribution is 5.77. The predicted octanol–water partition coefficient (Wildman–Crippen LogP) is 0.899. The van der Waals surface area contributed by atoms with Crippen LogP contribution in [0.3, 0.4) is 0 Å². The third-order valence-electron chi connectivity index (χ3n) is 2.88. The van der Waals surface area contributed by atoms with E-state index in [1.54, 1.807) is 17.0 Å². The molecule has 0 saturated heterocycles. The third kappa shape index (κ3) is 7.31. The van der Waals surface area contributed by atoms with Gasteiger partial charge in [0.1, 0.15) is 0 Å². The van der Waals surface area contributed by atoms with Gasteiger partial charge in [-0.1, -0.05) is 25.5 Å². The molecule has 0 fully saturated rings. The Kier molecular flexibility index (Phi) is 7.25. The van der Waals surface area contributed by atoms with E-state index in [4.69, 9.17) is 16.2 Å². The maximum absolute atomic E-state index is 11.7. The molecule has 6 heteroatoms. The number of rotatable bonds is 9. The van der Waals surface area contributed by atoms with Gasteiger partial charge in [-0.25, -0.2) is 0 Å². The van der Waals surface area contributed by atoms with Crippen molar-refractivity contribution in [3.05, 3.63) is 29.8 Å². The summed E-state index contributed by atoms with van der Waals surface area (Å²) in [6.07, 6.45) is 1.79. The second kappa shape index (κ2) is 8.97. The molecule has 0 aromatic heterocycles. The van der Waals surface area contributed by atoms with Crippen molar-refractivity contribution in [1.29, 1.82) is 0 Å². The van der Waals surface area contributed by atoms with Gasteiger partial charge >= 0.3 is 5.97 Å². The van der Waals surface area contributed by atoms with Crippen molar-refractivity contribution in [2.75, 3.05) is 25.4 Å². The maximum atomic E-state index is 11.7. The lowest BCUT2D eigenvalue weighted by atomic mass is 10.2. The van der Waals surface area contributed by atoms with E-state index in [0.717, 1.165) is 18.4 Å². The molecule has 0 unspecified atom stereocenters. The molecule has 0 saturated carbocycles. The van der Waals surface area contributed by atoms with E-state index >= 15 is 0 Å². The number of unbranched alkanes of at least 4 members (excludes halogenated alkanes) is 1. The van der Waals surface area contributed by atoms with E-state index in [1.165, 1.54) is 0 Å². The molecule has 1 aromatic carbocycles. The number of primary amides is 1. The minimum absolute atomic E-state index is 0.00720. The van der Waals surface area contributed by atoms with Crippen molar-refractivity contribution in [1.82, 2.24) is 4.90 Å². The lowest BCUT2D eigenvalue weighted by molar-refractivity contribution is -0.145. The predicted molar refractivity (Wildman–Crippen MR) is 81.2 cm³/mol. The summed E-state index contributed by atoms with van der Waals surface area (Å²) in [6.45, 7) is 2.91. The van der Waals surface area contributed by atoms with E-state index < -0.39 is 5.91 Å². The standard InChI is InChI=1S/C15H23N3O3/c1-2-3-8-21-15(20)11-18(10-14(17)19)9-12-4-6-13(16)7-5-12/h4-7H,2-3,8-11,16H2,1H3,(H2,17,19). The summed E-state index contributed by atoms with van der Waals surface area (Å²) in [5.74, 6) is -0.827. The topological polar surface area (TPSA) is 98.6 Å². The van der Waals surface area contributed by atoms with Gasteiger partial charge in [0.15, 0.2) is 0 Å². The molecule has 0 aliphatic rings. The molecule has 0 spiro atoms. The van der Waals surface area contributed by atoms with Crippen molar-refractivity contribution >= 4 is 17.6 Å². The number of nitrogens with two attached hydrogens (primary N) is 2. The first-order valence-electron chi connectivity index (χ1n) is 7.02. The van der Waals surface area contributed by atoms with Crippen LogP contribution in [0.15, 0.2) is 24.3 Å². The molecule has 21 heavy (non-hydrogen) atoms. The van der Waals surface area contributed by atoms with Crippen LogP contribution in [0, 0.1) is 0 Å². The third-order valence-corrected chi connectivity index (χ3v) is 2.88. The van der Waals surface area contributed by atoms with Gasteiger partial charge in [0.25, 0.3) is 0 Å². The van der Waals surface area contributed by atoms with Crippen LogP contribution in [0.2, 0.25) is 0 Å². The molecule has 0 heterocycles. The Labute approximate surface area is 125 Å². The molecule has 116 valence electrons. The van der Waals surface area contributed by atoms with Crippen LogP contribution in [0.5, 0.6) is 0 Å². The highest BCUT2D eigenvalue weighted by atomic mass is 16.5. The quantitative estimate of drug-likeness (QED) is 0.400. The van der Waals surface area contributed by atoms with Crippen LogP contribution >= 0.6 is 0 Å². The first-order chi connectivity index (χ1) is 10.0. The molecule has 0 aliphatic heterocycles. The second-order valence-electron chi connectivity index (χ2n) is 4.93. The van der Waals surface area contributed by atoms with E-state index in [0.29, 0.717) is 18.8 Å². The van der Waals surface area contributed by atoms with Crippen LogP contribution < -0.4 is 11.5 Å². The molecule has 0 atom stereocenters. The Hall–Kier alpha value is -2.08. The molecular weight excluding hydrogens is 270 g/mol. The van der Waals surface area contributed by atoms with Crippen molar-refractivity contribution in [2.45, 2.75) is 26.3 Å². The number of hydrogen-bond acceptors (Lipinski definition) is 5. The molecule has 4 N–H and O–H groups in total. The Morgan fingerprint density at radius 2 is 1.86 bits per heavy atom. The number of nitrogen functional groups attached to an aromatic ring is 1. The maximum Gasteiger partial charge on any atom is 0.320 e. The Balaban J connectivity index is 2.56. The lowest BCUT2D eigenvalue weighted by Crippen LogP contribution is -2.37. The number of benzene rings is 1. The summed E-state index contributed by atoms with van der Waals surface area (Å²) in [7, 11) is 0. The van der Waals surface area contributed by atoms with E-state index in [-0.39, 0.29) is 19.1 Å². The molecule has 0 aliphatic carbocycles. The number of esters is 1. The number of hydrogen-bond donors (Lipinski definition) is 2. The average Bonchev–Trinajstić information content (AvgIpc) is 2.41. The van der Waals surface area contributed by atoms with Gasteiger partial charge in [-0.05, 0) is 24.1 Å². The summed E-state index contributed by atoms with van der Waals surface area (Å²) in [6, 6.07) is 7.26. The van der Waals surface area contributed by atoms with Crippen molar-refractivity contribution in [3.8, 4) is 0 Å². The van der Waals surface area contributed by atoms with Gasteiger partial charge in [0, 0.05) is 12.2 Å². The minimum atomic E-state index is -0.480. The van der Waals surface area contributed by atoms with E-state index in [2.05, 4.69) is 0 Å². The van der Waals surface area contributed by atoms with Gasteiger partial charge < -0.3 is 16.2 Å². The van der Waals surface area contributed by atoms with Crippen LogP contribution in [0.25, 0.3) is 0 Å². The van der Waals surface area contributed by atoms with Crippen molar-refractivity contribution in [3.63, 3.8) is 0 Å². The zero-order chi connectivity index (χ0) is 15.7. The second-order valence-corrected chi connectivity index (χ2v) is 4.93. The van der Waals surface area contributed by atoms with Gasteiger partial charge in [0.05, 0.1) is 19.7 Å². The van der Waals surface area contributed by atoms with Crippen LogP contribution in [0.4, 0.5) is 5.69 Å². The number of carbonyl (C=O) groups excluding carboxylic acids is 2. The molecule has 6 nitrogen and oxygen atoms in total. The van der Waals surface area contributed by atoms with Gasteiger partial charge in [-0.3, -0.25) is 14.5 Å². The summed E-state index contributed by atoms with van der Waals surface area (Å²) in [5, 5.41) is 0. The van der Waals surface area contributed by atoms with Crippen LogP contribution in [-0.2, 0) is 20.9 Å². The van der Waals surface area contributed by atoms with Crippen LogP contribution in [0.1, 0.15) is 25.3 Å². The Morgan fingerprint density at radius 1 is 1.19 bits per heavy atom. The molecular formula is C15H23N3O3. The Bertz CT molecular complexity index is 460. The van der Waals surface area contributed by atoms with Gasteiger partial charge in [-0.2, -0.15) is 0 Å². The van der Waals surface area contributed by atoms with Gasteiger partial charge in [-0.15, -0.1) is 0 Å². The van der Waals surface area contributed by atoms with Gasteiger partial charge in [0.2, 0.25) is 5.91 Å². The molecule has 0 radical (unpaired) electrons. The summed E-state index contributed by atoms with van der Waals surface area (Å²) in [4.78, 5) is 24.5. The average molecular weight is 293 g/mol. The Morgan fingerprint density at radius 3 is 2.43 bits per heavy atom. The number of carbonyl (C=O) groups is 2. The summed E-state index contributed by atoms with van der Waals surface area (Å²) >= 11 is 0. The molecule has 1 aromatic rings. The fourth-order valence-corrected chi connectivity index (χ4v) is 1.83. The fraction of sp³-hybridized carbons (Fsp3) is 0.467. The SMILES string of the molecule is CCCCOC(=O)CN(CC(N)=O)Cc1ccc(N)cc1. The molecule has 0 bridgehead atoms. The molecule has 1 amide bonds. The first kappa shape index (κ1) is 17.0. The molecule has 1 rings (SSSR count). The number of nitrogens with zero attached hydrogens (tertiary/aromatic N) is 1. The largest absolute Gasteiger partial charge is 0.465 e. The number of ether oxygens (including phenoxy) is 1. The number of anilines is 1. The lowest BCUT2D eigenvalue weighted by Gasteiger charge is -2.20. The zero-order valence-electron chi connectivity index (χ0n) is 12.4. The monoisotopic (exact) mass is 293 g/mol. The zero-order valence-corrected chi connectivity index (χ0v) is 12.4. The normalized spacial score (nSPS) is 10.6.